The van der Waals surface area contributed by atoms with Gasteiger partial charge in [-0.05, 0) is 24.6 Å². The quantitative estimate of drug-likeness (QED) is 0.717. The second kappa shape index (κ2) is 6.93. The Kier molecular flexibility index (Phi) is 4.96. The molecule has 0 aliphatic carbocycles. The van der Waals surface area contributed by atoms with Gasteiger partial charge in [0, 0.05) is 44.0 Å². The van der Waals surface area contributed by atoms with E-state index in [1.54, 1.807) is 7.11 Å². The van der Waals surface area contributed by atoms with Crippen LogP contribution in [0.2, 0.25) is 0 Å². The van der Waals surface area contributed by atoms with E-state index in [0.717, 1.165) is 42.6 Å². The van der Waals surface area contributed by atoms with Crippen LogP contribution < -0.4 is 0 Å². The maximum absolute atomic E-state index is 9.05. The molecule has 1 heterocycles. The van der Waals surface area contributed by atoms with Gasteiger partial charge >= 0.3 is 0 Å². The minimum Gasteiger partial charge on any atom is -0.385 e. The molecule has 0 spiro atoms. The number of nitrogens with zero attached hydrogens (tertiary/aromatic N) is 2. The molecule has 4 heteroatoms. The molecule has 0 atom stereocenters. The molecule has 0 aliphatic rings. The molecule has 0 saturated heterocycles. The van der Waals surface area contributed by atoms with E-state index < -0.39 is 0 Å². The molecule has 1 aromatic carbocycles. The van der Waals surface area contributed by atoms with Gasteiger partial charge in [0.15, 0.2) is 0 Å². The van der Waals surface area contributed by atoms with Gasteiger partial charge in [-0.25, -0.2) is 0 Å². The van der Waals surface area contributed by atoms with Gasteiger partial charge in [0.1, 0.15) is 0 Å². The molecule has 100 valence electrons. The van der Waals surface area contributed by atoms with E-state index in [1.165, 1.54) is 0 Å². The Morgan fingerprint density at radius 2 is 2.11 bits per heavy atom. The van der Waals surface area contributed by atoms with Gasteiger partial charge < -0.3 is 14.0 Å². The monoisotopic (exact) mass is 258 g/mol. The minimum atomic E-state index is 0.671. The second-order valence-electron chi connectivity index (χ2n) is 4.32. The van der Waals surface area contributed by atoms with Crippen LogP contribution in [0, 0.1) is 11.3 Å². The number of nitriles is 1. The van der Waals surface area contributed by atoms with E-state index >= 15 is 0 Å². The van der Waals surface area contributed by atoms with Crippen molar-refractivity contribution in [2.24, 2.45) is 0 Å². The first kappa shape index (κ1) is 13.6. The average molecular weight is 258 g/mol. The zero-order valence-corrected chi connectivity index (χ0v) is 11.1. The molecule has 0 N–H and O–H groups in total. The summed E-state index contributed by atoms with van der Waals surface area (Å²) >= 11 is 0. The Hall–Kier alpha value is -1.83. The number of rotatable bonds is 7. The van der Waals surface area contributed by atoms with Gasteiger partial charge in [0.25, 0.3) is 0 Å². The summed E-state index contributed by atoms with van der Waals surface area (Å²) in [7, 11) is 1.69. The first-order valence-electron chi connectivity index (χ1n) is 6.41. The van der Waals surface area contributed by atoms with Crippen molar-refractivity contribution in [1.82, 2.24) is 4.57 Å². The highest BCUT2D eigenvalue weighted by molar-refractivity contribution is 5.85. The van der Waals surface area contributed by atoms with Gasteiger partial charge in [-0.1, -0.05) is 6.07 Å². The summed E-state index contributed by atoms with van der Waals surface area (Å²) in [5, 5.41) is 10.0. The summed E-state index contributed by atoms with van der Waals surface area (Å²) in [6.45, 7) is 2.92. The fourth-order valence-corrected chi connectivity index (χ4v) is 2.09. The predicted octanol–water partition coefficient (Wildman–Crippen LogP) is 2.57. The van der Waals surface area contributed by atoms with E-state index in [0.29, 0.717) is 6.61 Å². The molecule has 0 amide bonds. The number of fused-ring (bicyclic) bond motifs is 1. The smallest absolute Gasteiger partial charge is 0.0998 e. The molecular formula is C15H18N2O2. The molecule has 19 heavy (non-hydrogen) atoms. The van der Waals surface area contributed by atoms with Crippen LogP contribution in [0.15, 0.2) is 30.5 Å². The molecule has 0 unspecified atom stereocenters. The summed E-state index contributed by atoms with van der Waals surface area (Å²) in [5.74, 6) is 0. The Bertz CT molecular complexity index is 569. The standard InChI is InChI=1S/C15H18N2O2/c1-18-9-3-10-19-11-8-17-7-6-14-13(12-16)4-2-5-15(14)17/h2,4-7H,3,8-11H2,1H3. The SMILES string of the molecule is COCCCOCCn1ccc2c(C#N)cccc21. The number of benzene rings is 1. The highest BCUT2D eigenvalue weighted by Crippen LogP contribution is 2.19. The lowest BCUT2D eigenvalue weighted by molar-refractivity contribution is 0.0982. The van der Waals surface area contributed by atoms with Crippen LogP contribution in [0.5, 0.6) is 0 Å². The van der Waals surface area contributed by atoms with Crippen LogP contribution in [0.1, 0.15) is 12.0 Å². The molecule has 0 radical (unpaired) electrons. The van der Waals surface area contributed by atoms with Gasteiger partial charge in [-0.3, -0.25) is 0 Å². The van der Waals surface area contributed by atoms with E-state index in [1.807, 2.05) is 30.5 Å². The van der Waals surface area contributed by atoms with Crippen LogP contribution >= 0.6 is 0 Å². The Balaban J connectivity index is 1.93. The predicted molar refractivity (Wildman–Crippen MR) is 74.0 cm³/mol. The molecule has 0 aliphatic heterocycles. The van der Waals surface area contributed by atoms with Crippen molar-refractivity contribution in [3.8, 4) is 6.07 Å². The molecule has 0 fully saturated rings. The van der Waals surface area contributed by atoms with Crippen LogP contribution in [0.4, 0.5) is 0 Å². The number of aromatic nitrogens is 1. The molecule has 2 rings (SSSR count). The van der Waals surface area contributed by atoms with E-state index in [9.17, 15) is 0 Å². The molecule has 0 bridgehead atoms. The third kappa shape index (κ3) is 3.34. The normalized spacial score (nSPS) is 10.7. The Labute approximate surface area is 113 Å². The summed E-state index contributed by atoms with van der Waals surface area (Å²) in [6, 6.07) is 9.98. The first-order chi connectivity index (χ1) is 9.36. The zero-order valence-electron chi connectivity index (χ0n) is 11.1. The van der Waals surface area contributed by atoms with E-state index in [2.05, 4.69) is 10.6 Å². The number of hydrogen-bond donors (Lipinski definition) is 0. The maximum Gasteiger partial charge on any atom is 0.0998 e. The molecule has 4 nitrogen and oxygen atoms in total. The van der Waals surface area contributed by atoms with Crippen molar-refractivity contribution in [2.45, 2.75) is 13.0 Å². The number of hydrogen-bond acceptors (Lipinski definition) is 3. The molecule has 0 saturated carbocycles. The van der Waals surface area contributed by atoms with Crippen molar-refractivity contribution < 1.29 is 9.47 Å². The number of ether oxygens (including phenoxy) is 2. The minimum absolute atomic E-state index is 0.671. The van der Waals surface area contributed by atoms with Crippen molar-refractivity contribution in [1.29, 1.82) is 5.26 Å². The van der Waals surface area contributed by atoms with Gasteiger partial charge in [-0.15, -0.1) is 0 Å². The largest absolute Gasteiger partial charge is 0.385 e. The summed E-state index contributed by atoms with van der Waals surface area (Å²) in [6.07, 6.45) is 2.92. The molecule has 1 aromatic heterocycles. The van der Waals surface area contributed by atoms with Crippen molar-refractivity contribution in [2.75, 3.05) is 26.9 Å². The lowest BCUT2D eigenvalue weighted by Gasteiger charge is -2.07. The fourth-order valence-electron chi connectivity index (χ4n) is 2.09. The van der Waals surface area contributed by atoms with Crippen LogP contribution in [-0.2, 0) is 16.0 Å². The van der Waals surface area contributed by atoms with Crippen molar-refractivity contribution in [3.05, 3.63) is 36.0 Å². The summed E-state index contributed by atoms with van der Waals surface area (Å²) < 4.78 is 12.6. The number of methoxy groups -OCH3 is 1. The highest BCUT2D eigenvalue weighted by Gasteiger charge is 2.04. The highest BCUT2D eigenvalue weighted by atomic mass is 16.5. The third-order valence-corrected chi connectivity index (χ3v) is 3.05. The van der Waals surface area contributed by atoms with Gasteiger partial charge in [0.05, 0.1) is 18.2 Å². The lowest BCUT2D eigenvalue weighted by Crippen LogP contribution is -2.07. The second-order valence-corrected chi connectivity index (χ2v) is 4.32. The van der Waals surface area contributed by atoms with Gasteiger partial charge in [0.2, 0.25) is 0 Å². The summed E-state index contributed by atoms with van der Waals surface area (Å²) in [5.41, 5.74) is 1.80. The maximum atomic E-state index is 9.05. The van der Waals surface area contributed by atoms with Crippen LogP contribution in [-0.4, -0.2) is 31.5 Å². The topological polar surface area (TPSA) is 47.2 Å². The van der Waals surface area contributed by atoms with E-state index in [4.69, 9.17) is 14.7 Å². The Morgan fingerprint density at radius 3 is 2.89 bits per heavy atom. The molecular weight excluding hydrogens is 240 g/mol. The first-order valence-corrected chi connectivity index (χ1v) is 6.41. The molecule has 2 aromatic rings. The summed E-state index contributed by atoms with van der Waals surface area (Å²) in [4.78, 5) is 0. The average Bonchev–Trinajstić information content (AvgIpc) is 2.86. The lowest BCUT2D eigenvalue weighted by atomic mass is 10.1. The van der Waals surface area contributed by atoms with Crippen LogP contribution in [0.25, 0.3) is 10.9 Å². The van der Waals surface area contributed by atoms with Crippen LogP contribution in [0.3, 0.4) is 0 Å². The fraction of sp³-hybridized carbons (Fsp3) is 0.400. The third-order valence-electron chi connectivity index (χ3n) is 3.05. The Morgan fingerprint density at radius 1 is 1.21 bits per heavy atom. The van der Waals surface area contributed by atoms with Gasteiger partial charge in [-0.2, -0.15) is 5.26 Å². The van der Waals surface area contributed by atoms with E-state index in [-0.39, 0.29) is 0 Å². The van der Waals surface area contributed by atoms with Crippen molar-refractivity contribution in [3.63, 3.8) is 0 Å². The zero-order chi connectivity index (χ0) is 13.5. The van der Waals surface area contributed by atoms with Crippen molar-refractivity contribution >= 4 is 10.9 Å².